The summed E-state index contributed by atoms with van der Waals surface area (Å²) in [6.07, 6.45) is 5.17. The lowest BCUT2D eigenvalue weighted by atomic mass is 9.93. The van der Waals surface area contributed by atoms with Crippen molar-refractivity contribution in [1.29, 1.82) is 0 Å². The number of amides is 1. The second-order valence-electron chi connectivity index (χ2n) is 7.12. The molecule has 0 spiro atoms. The topological polar surface area (TPSA) is 59.0 Å². The van der Waals surface area contributed by atoms with Crippen LogP contribution in [0.5, 0.6) is 0 Å². The van der Waals surface area contributed by atoms with Crippen molar-refractivity contribution in [3.63, 3.8) is 0 Å². The molecule has 1 heterocycles. The summed E-state index contributed by atoms with van der Waals surface area (Å²) >= 11 is 0. The van der Waals surface area contributed by atoms with Crippen LogP contribution in [0.4, 0.5) is 5.82 Å². The van der Waals surface area contributed by atoms with Gasteiger partial charge in [0.05, 0.1) is 5.69 Å². The molecule has 0 bridgehead atoms. The van der Waals surface area contributed by atoms with E-state index in [0.29, 0.717) is 17.5 Å². The van der Waals surface area contributed by atoms with Gasteiger partial charge in [0.25, 0.3) is 5.91 Å². The third-order valence-corrected chi connectivity index (χ3v) is 5.17. The standard InChI is InChI=1S/C19H24N4O.2ClH/c1-12-9-18(23(2)22-12)21-19(24)14-6-3-5-13(10-14)16-11-17(16)20-15-7-4-8-15;;/h3,5-6,9-10,15-17,20H,4,7-8,11H2,1-2H3,(H,21,24);2*1H/t16-,17+;;/m0../s1. The number of nitrogens with zero attached hydrogens (tertiary/aromatic N) is 2. The third-order valence-electron chi connectivity index (χ3n) is 5.17. The predicted octanol–water partition coefficient (Wildman–Crippen LogP) is 3.82. The number of aromatic nitrogens is 2. The molecule has 2 saturated carbocycles. The van der Waals surface area contributed by atoms with Crippen LogP contribution in [0.15, 0.2) is 30.3 Å². The highest BCUT2D eigenvalue weighted by molar-refractivity contribution is 6.04. The lowest BCUT2D eigenvalue weighted by molar-refractivity contribution is 0.102. The molecular weight excluding hydrogens is 371 g/mol. The first-order valence-electron chi connectivity index (χ1n) is 8.78. The molecule has 2 aliphatic rings. The molecule has 26 heavy (non-hydrogen) atoms. The van der Waals surface area contributed by atoms with Crippen LogP contribution in [-0.4, -0.2) is 27.8 Å². The highest BCUT2D eigenvalue weighted by atomic mass is 35.5. The van der Waals surface area contributed by atoms with Crippen LogP contribution in [0.2, 0.25) is 0 Å². The number of benzene rings is 1. The number of halogens is 2. The Morgan fingerprint density at radius 2 is 2.00 bits per heavy atom. The molecule has 2 atom stereocenters. The highest BCUT2D eigenvalue weighted by Gasteiger charge is 2.40. The van der Waals surface area contributed by atoms with E-state index in [1.165, 1.54) is 31.2 Å². The largest absolute Gasteiger partial charge is 0.311 e. The average molecular weight is 397 g/mol. The molecule has 0 unspecified atom stereocenters. The van der Waals surface area contributed by atoms with Crippen molar-refractivity contribution in [3.8, 4) is 0 Å². The lowest BCUT2D eigenvalue weighted by Gasteiger charge is -2.26. The van der Waals surface area contributed by atoms with Crippen LogP contribution in [0.3, 0.4) is 0 Å². The van der Waals surface area contributed by atoms with Crippen molar-refractivity contribution in [2.45, 2.75) is 50.6 Å². The van der Waals surface area contributed by atoms with Gasteiger partial charge in [-0.3, -0.25) is 9.48 Å². The number of hydrogen-bond donors (Lipinski definition) is 2. The quantitative estimate of drug-likeness (QED) is 0.807. The monoisotopic (exact) mass is 396 g/mol. The van der Waals surface area contributed by atoms with Crippen molar-refractivity contribution in [2.24, 2.45) is 7.05 Å². The van der Waals surface area contributed by atoms with Gasteiger partial charge in [-0.2, -0.15) is 5.10 Å². The summed E-state index contributed by atoms with van der Waals surface area (Å²) < 4.78 is 1.69. The van der Waals surface area contributed by atoms with Gasteiger partial charge in [-0.1, -0.05) is 18.6 Å². The molecule has 4 rings (SSSR count). The fraction of sp³-hybridized carbons (Fsp3) is 0.474. The minimum absolute atomic E-state index is 0. The molecule has 2 aromatic rings. The zero-order valence-corrected chi connectivity index (χ0v) is 16.7. The first-order chi connectivity index (χ1) is 11.6. The van der Waals surface area contributed by atoms with E-state index in [1.54, 1.807) is 4.68 Å². The number of carbonyl (C=O) groups excluding carboxylic acids is 1. The molecule has 0 aliphatic heterocycles. The van der Waals surface area contributed by atoms with Gasteiger partial charge in [0.1, 0.15) is 5.82 Å². The van der Waals surface area contributed by atoms with E-state index >= 15 is 0 Å². The maximum Gasteiger partial charge on any atom is 0.256 e. The summed E-state index contributed by atoms with van der Waals surface area (Å²) in [6.45, 7) is 1.92. The summed E-state index contributed by atoms with van der Waals surface area (Å²) in [5.41, 5.74) is 2.87. The van der Waals surface area contributed by atoms with Crippen molar-refractivity contribution in [1.82, 2.24) is 15.1 Å². The van der Waals surface area contributed by atoms with Crippen LogP contribution in [0.1, 0.15) is 53.2 Å². The predicted molar refractivity (Wildman–Crippen MR) is 109 cm³/mol. The van der Waals surface area contributed by atoms with Crippen molar-refractivity contribution in [3.05, 3.63) is 47.2 Å². The zero-order valence-electron chi connectivity index (χ0n) is 15.1. The highest BCUT2D eigenvalue weighted by Crippen LogP contribution is 2.42. The summed E-state index contributed by atoms with van der Waals surface area (Å²) in [6, 6.07) is 11.2. The summed E-state index contributed by atoms with van der Waals surface area (Å²) in [5, 5.41) is 10.9. The number of nitrogens with one attached hydrogen (secondary N) is 2. The Labute approximate surface area is 166 Å². The number of anilines is 1. The molecule has 2 fully saturated rings. The Balaban J connectivity index is 0.00000121. The molecule has 5 nitrogen and oxygen atoms in total. The number of hydrogen-bond acceptors (Lipinski definition) is 3. The van der Waals surface area contributed by atoms with E-state index < -0.39 is 0 Å². The van der Waals surface area contributed by atoms with Crippen LogP contribution >= 0.6 is 24.8 Å². The molecule has 1 aromatic carbocycles. The normalized spacial score (nSPS) is 21.2. The van der Waals surface area contributed by atoms with Gasteiger partial charge in [-0.05, 0) is 43.9 Å². The van der Waals surface area contributed by atoms with Gasteiger partial charge in [0.2, 0.25) is 0 Å². The van der Waals surface area contributed by atoms with Crippen LogP contribution in [-0.2, 0) is 7.05 Å². The molecule has 2 aliphatic carbocycles. The lowest BCUT2D eigenvalue weighted by Crippen LogP contribution is -2.37. The van der Waals surface area contributed by atoms with Gasteiger partial charge in [0.15, 0.2) is 0 Å². The molecular formula is C19H26Cl2N4O. The summed E-state index contributed by atoms with van der Waals surface area (Å²) in [5.74, 6) is 1.19. The number of aryl methyl sites for hydroxylation is 2. The molecule has 1 amide bonds. The number of carbonyl (C=O) groups is 1. The van der Waals surface area contributed by atoms with E-state index in [2.05, 4.69) is 21.8 Å². The average Bonchev–Trinajstić information content (AvgIpc) is 3.22. The van der Waals surface area contributed by atoms with Gasteiger partial charge >= 0.3 is 0 Å². The SMILES string of the molecule is Cc1cc(NC(=O)c2cccc([C@@H]3C[C@H]3NC3CCC3)c2)n(C)n1.Cl.Cl. The molecule has 7 heteroatoms. The van der Waals surface area contributed by atoms with Crippen LogP contribution < -0.4 is 10.6 Å². The fourth-order valence-electron chi connectivity index (χ4n) is 3.45. The second kappa shape index (κ2) is 8.42. The smallest absolute Gasteiger partial charge is 0.256 e. The Morgan fingerprint density at radius 3 is 2.62 bits per heavy atom. The van der Waals surface area contributed by atoms with Crippen molar-refractivity contribution >= 4 is 36.5 Å². The van der Waals surface area contributed by atoms with E-state index in [-0.39, 0.29) is 30.7 Å². The van der Waals surface area contributed by atoms with Gasteiger partial charge in [-0.25, -0.2) is 0 Å². The van der Waals surface area contributed by atoms with E-state index in [9.17, 15) is 4.79 Å². The molecule has 142 valence electrons. The first-order valence-corrected chi connectivity index (χ1v) is 8.78. The minimum Gasteiger partial charge on any atom is -0.311 e. The summed E-state index contributed by atoms with van der Waals surface area (Å²) in [7, 11) is 1.83. The minimum atomic E-state index is -0.0796. The Kier molecular flexibility index (Phi) is 6.72. The molecule has 2 N–H and O–H groups in total. The molecule has 1 aromatic heterocycles. The van der Waals surface area contributed by atoms with E-state index in [1.807, 2.05) is 38.2 Å². The zero-order chi connectivity index (χ0) is 16.7. The molecule has 0 radical (unpaired) electrons. The van der Waals surface area contributed by atoms with Gasteiger partial charge in [0, 0.05) is 36.7 Å². The molecule has 0 saturated heterocycles. The van der Waals surface area contributed by atoms with Gasteiger partial charge in [-0.15, -0.1) is 24.8 Å². The maximum absolute atomic E-state index is 12.5. The van der Waals surface area contributed by atoms with Crippen LogP contribution in [0.25, 0.3) is 0 Å². The van der Waals surface area contributed by atoms with Crippen molar-refractivity contribution in [2.75, 3.05) is 5.32 Å². The van der Waals surface area contributed by atoms with E-state index in [4.69, 9.17) is 0 Å². The van der Waals surface area contributed by atoms with E-state index in [0.717, 1.165) is 17.6 Å². The summed E-state index contributed by atoms with van der Waals surface area (Å²) in [4.78, 5) is 12.5. The Morgan fingerprint density at radius 1 is 1.23 bits per heavy atom. The third kappa shape index (κ3) is 4.40. The Bertz CT molecular complexity index is 773. The Hall–Kier alpha value is -1.56. The van der Waals surface area contributed by atoms with Crippen molar-refractivity contribution < 1.29 is 4.79 Å². The first kappa shape index (κ1) is 20.7. The maximum atomic E-state index is 12.5. The van der Waals surface area contributed by atoms with Gasteiger partial charge < -0.3 is 10.6 Å². The second-order valence-corrected chi connectivity index (χ2v) is 7.12. The fourth-order valence-corrected chi connectivity index (χ4v) is 3.45. The number of rotatable bonds is 5. The van der Waals surface area contributed by atoms with Crippen LogP contribution in [0, 0.1) is 6.92 Å².